The van der Waals surface area contributed by atoms with Gasteiger partial charge >= 0.3 is 5.97 Å². The Morgan fingerprint density at radius 2 is 1.90 bits per heavy atom. The first-order valence-electron chi connectivity index (χ1n) is 10.2. The van der Waals surface area contributed by atoms with Crippen molar-refractivity contribution in [1.29, 1.82) is 0 Å². The normalized spacial score (nSPS) is 15.4. The number of carbonyl (C=O) groups excluding carboxylic acids is 1. The third kappa shape index (κ3) is 7.99. The minimum absolute atomic E-state index is 0.156. The summed E-state index contributed by atoms with van der Waals surface area (Å²) in [5.41, 5.74) is 0.966. The number of para-hydroxylation sites is 1. The molecule has 3 rings (SSSR count). The van der Waals surface area contributed by atoms with Crippen LogP contribution in [0.5, 0.6) is 11.5 Å². The lowest BCUT2D eigenvalue weighted by Gasteiger charge is -2.12. The molecule has 7 nitrogen and oxygen atoms in total. The van der Waals surface area contributed by atoms with Crippen LogP contribution < -0.4 is 9.47 Å². The van der Waals surface area contributed by atoms with E-state index in [4.69, 9.17) is 9.47 Å². The van der Waals surface area contributed by atoms with Crippen LogP contribution in [0.3, 0.4) is 0 Å². The van der Waals surface area contributed by atoms with Crippen LogP contribution in [0.1, 0.15) is 48.0 Å². The minimum atomic E-state index is -0.848. The molecule has 0 radical (unpaired) electrons. The van der Waals surface area contributed by atoms with Crippen LogP contribution in [0.25, 0.3) is 0 Å². The fraction of sp³-hybridized carbons (Fsp3) is 0.409. The monoisotopic (exact) mass is 463 g/mol. The number of esters is 1. The van der Waals surface area contributed by atoms with Crippen LogP contribution >= 0.6 is 21.6 Å². The van der Waals surface area contributed by atoms with E-state index in [-0.39, 0.29) is 6.61 Å². The summed E-state index contributed by atoms with van der Waals surface area (Å²) in [5, 5.41) is 10.2. The van der Waals surface area contributed by atoms with Crippen LogP contribution in [-0.2, 0) is 11.4 Å². The summed E-state index contributed by atoms with van der Waals surface area (Å²) in [6.07, 6.45) is 5.84. The zero-order chi connectivity index (χ0) is 21.9. The molecule has 1 fully saturated rings. The highest BCUT2D eigenvalue weighted by molar-refractivity contribution is 8.77. The van der Waals surface area contributed by atoms with Gasteiger partial charge in [-0.2, -0.15) is 0 Å². The van der Waals surface area contributed by atoms with Crippen molar-refractivity contribution < 1.29 is 24.2 Å². The molecular formula is C22H25NO6S2. The van der Waals surface area contributed by atoms with Gasteiger partial charge in [0.1, 0.15) is 23.7 Å². The van der Waals surface area contributed by atoms with Crippen LogP contribution in [0, 0.1) is 10.1 Å². The molecule has 9 heteroatoms. The van der Waals surface area contributed by atoms with Crippen LogP contribution in [0.4, 0.5) is 0 Å². The van der Waals surface area contributed by atoms with E-state index in [9.17, 15) is 14.9 Å². The van der Waals surface area contributed by atoms with E-state index in [1.807, 2.05) is 27.7 Å². The molecule has 0 bridgehead atoms. The molecule has 2 aromatic rings. The van der Waals surface area contributed by atoms with Crippen molar-refractivity contribution in [2.75, 3.05) is 12.4 Å². The maximum absolute atomic E-state index is 12.6. The van der Waals surface area contributed by atoms with Gasteiger partial charge in [-0.05, 0) is 49.1 Å². The third-order valence-corrected chi connectivity index (χ3v) is 7.74. The smallest absolute Gasteiger partial charge is 0.347 e. The molecule has 0 spiro atoms. The highest BCUT2D eigenvalue weighted by Gasteiger charge is 2.16. The second kappa shape index (κ2) is 12.5. The molecule has 31 heavy (non-hydrogen) atoms. The van der Waals surface area contributed by atoms with Gasteiger partial charge in [0.15, 0.2) is 0 Å². The summed E-state index contributed by atoms with van der Waals surface area (Å²) in [7, 11) is 3.99. The summed E-state index contributed by atoms with van der Waals surface area (Å²) >= 11 is 0. The molecule has 166 valence electrons. The lowest BCUT2D eigenvalue weighted by Crippen LogP contribution is -2.11. The summed E-state index contributed by atoms with van der Waals surface area (Å²) in [6.45, 7) is 0.401. The zero-order valence-corrected chi connectivity index (χ0v) is 18.7. The molecule has 1 aliphatic heterocycles. The Morgan fingerprint density at radius 3 is 2.65 bits per heavy atom. The Hall–Kier alpha value is -2.39. The van der Waals surface area contributed by atoms with Crippen molar-refractivity contribution in [3.05, 3.63) is 69.8 Å². The molecule has 0 aromatic heterocycles. The maximum atomic E-state index is 12.6. The standard InChI is InChI=1S/C22H25NO6S2/c24-22(29-18-11-9-17(10-12-18)16-28-23(25)26)20-7-3-4-8-21(20)27-14-5-1-2-6-19-13-15-30-31-19/h3-4,7-12,19H,1-2,5-6,13-16H2/t19-/m0/s1. The average molecular weight is 464 g/mol. The molecule has 1 atom stereocenters. The summed E-state index contributed by atoms with van der Waals surface area (Å²) in [6, 6.07) is 13.4. The molecule has 0 N–H and O–H groups in total. The molecule has 0 unspecified atom stereocenters. The molecule has 1 heterocycles. The van der Waals surface area contributed by atoms with Crippen molar-refractivity contribution in [3.8, 4) is 11.5 Å². The third-order valence-electron chi connectivity index (χ3n) is 4.73. The van der Waals surface area contributed by atoms with E-state index in [1.54, 1.807) is 42.5 Å². The molecule has 1 aliphatic rings. The number of hydrogen-bond acceptors (Lipinski definition) is 8. The van der Waals surface area contributed by atoms with Crippen molar-refractivity contribution in [3.63, 3.8) is 0 Å². The number of carbonyl (C=O) groups is 1. The first-order chi connectivity index (χ1) is 15.1. The van der Waals surface area contributed by atoms with E-state index < -0.39 is 11.1 Å². The SMILES string of the molecule is O=C(Oc1ccc(CO[N+](=O)[O-])cc1)c1ccccc1OCCCCC[C@H]1CCSS1. The average Bonchev–Trinajstić information content (AvgIpc) is 3.29. The van der Waals surface area contributed by atoms with E-state index in [2.05, 4.69) is 4.84 Å². The Balaban J connectivity index is 1.45. The molecule has 0 saturated carbocycles. The topological polar surface area (TPSA) is 87.9 Å². The fourth-order valence-electron chi connectivity index (χ4n) is 3.10. The van der Waals surface area contributed by atoms with E-state index >= 15 is 0 Å². The number of rotatable bonds is 12. The van der Waals surface area contributed by atoms with Crippen molar-refractivity contribution in [1.82, 2.24) is 0 Å². The summed E-state index contributed by atoms with van der Waals surface area (Å²) in [5.74, 6) is 1.60. The van der Waals surface area contributed by atoms with Crippen LogP contribution in [0.15, 0.2) is 48.5 Å². The fourth-order valence-corrected chi connectivity index (χ4v) is 6.13. The predicted octanol–water partition coefficient (Wildman–Crippen LogP) is 5.71. The first kappa shape index (κ1) is 23.3. The van der Waals surface area contributed by atoms with Gasteiger partial charge in [-0.15, -0.1) is 10.1 Å². The molecule has 2 aromatic carbocycles. The molecule has 0 aliphatic carbocycles. The van der Waals surface area contributed by atoms with Gasteiger partial charge in [0.2, 0.25) is 0 Å². The predicted molar refractivity (Wildman–Crippen MR) is 122 cm³/mol. The Labute approximate surface area is 189 Å². The van der Waals surface area contributed by atoms with Gasteiger partial charge in [-0.1, -0.05) is 58.7 Å². The van der Waals surface area contributed by atoms with Crippen molar-refractivity contribution in [2.45, 2.75) is 44.0 Å². The largest absolute Gasteiger partial charge is 0.493 e. The maximum Gasteiger partial charge on any atom is 0.347 e. The van der Waals surface area contributed by atoms with Gasteiger partial charge < -0.3 is 14.3 Å². The van der Waals surface area contributed by atoms with Gasteiger partial charge in [0.05, 0.1) is 6.61 Å². The Bertz CT molecular complexity index is 855. The molecular weight excluding hydrogens is 438 g/mol. The number of hydrogen-bond donors (Lipinski definition) is 0. The van der Waals surface area contributed by atoms with E-state index in [1.165, 1.54) is 25.0 Å². The lowest BCUT2D eigenvalue weighted by atomic mass is 10.1. The van der Waals surface area contributed by atoms with Gasteiger partial charge in [-0.3, -0.25) is 0 Å². The van der Waals surface area contributed by atoms with Crippen LogP contribution in [0.2, 0.25) is 0 Å². The van der Waals surface area contributed by atoms with Crippen LogP contribution in [-0.4, -0.2) is 28.7 Å². The number of benzene rings is 2. The van der Waals surface area contributed by atoms with Crippen molar-refractivity contribution in [2.24, 2.45) is 0 Å². The quantitative estimate of drug-likeness (QED) is 0.0988. The number of unbranched alkanes of at least 4 members (excludes halogenated alkanes) is 2. The second-order valence-electron chi connectivity index (χ2n) is 7.05. The first-order valence-corrected chi connectivity index (χ1v) is 12.6. The highest BCUT2D eigenvalue weighted by Crippen LogP contribution is 2.39. The van der Waals surface area contributed by atoms with E-state index in [0.717, 1.165) is 18.1 Å². The van der Waals surface area contributed by atoms with Crippen molar-refractivity contribution >= 4 is 27.6 Å². The lowest BCUT2D eigenvalue weighted by molar-refractivity contribution is -0.763. The zero-order valence-electron chi connectivity index (χ0n) is 17.1. The molecule has 1 saturated heterocycles. The van der Waals surface area contributed by atoms with Gasteiger partial charge in [-0.25, -0.2) is 4.79 Å². The summed E-state index contributed by atoms with van der Waals surface area (Å²) < 4.78 is 11.3. The second-order valence-corrected chi connectivity index (χ2v) is 9.84. The Kier molecular flexibility index (Phi) is 9.36. The van der Waals surface area contributed by atoms with E-state index in [0.29, 0.717) is 29.2 Å². The summed E-state index contributed by atoms with van der Waals surface area (Å²) in [4.78, 5) is 27.2. The molecule has 0 amide bonds. The number of ether oxygens (including phenoxy) is 2. The Morgan fingerprint density at radius 1 is 1.10 bits per heavy atom. The van der Waals surface area contributed by atoms with Gasteiger partial charge in [0, 0.05) is 11.0 Å². The minimum Gasteiger partial charge on any atom is -0.493 e. The highest BCUT2D eigenvalue weighted by atomic mass is 33.1. The number of nitrogens with zero attached hydrogens (tertiary/aromatic N) is 1. The van der Waals surface area contributed by atoms with Gasteiger partial charge in [0.25, 0.3) is 5.09 Å².